The Labute approximate surface area is 152 Å². The number of anilines is 1. The van der Waals surface area contributed by atoms with Gasteiger partial charge in [-0.1, -0.05) is 0 Å². The van der Waals surface area contributed by atoms with Gasteiger partial charge in [-0.3, -0.25) is 4.79 Å². The quantitative estimate of drug-likeness (QED) is 0.833. The Morgan fingerprint density at radius 3 is 2.64 bits per heavy atom. The number of thiazole rings is 1. The number of nitrogens with zero attached hydrogens (tertiary/aromatic N) is 1. The van der Waals surface area contributed by atoms with Crippen molar-refractivity contribution in [1.82, 2.24) is 9.71 Å². The molecule has 6 nitrogen and oxygen atoms in total. The summed E-state index contributed by atoms with van der Waals surface area (Å²) in [7, 11) is -3.25. The SMILES string of the molecule is CC(C)S(=O)(=O)N[C@H]1CC[C@H](C(=O)Nc2ccc3ncsc3c2)CC1. The lowest BCUT2D eigenvalue weighted by Gasteiger charge is -2.28. The predicted molar refractivity (Wildman–Crippen MR) is 101 cm³/mol. The summed E-state index contributed by atoms with van der Waals surface area (Å²) >= 11 is 1.54. The van der Waals surface area contributed by atoms with E-state index >= 15 is 0 Å². The molecular weight excluding hydrogens is 358 g/mol. The van der Waals surface area contributed by atoms with Crippen molar-refractivity contribution >= 4 is 43.2 Å². The lowest BCUT2D eigenvalue weighted by molar-refractivity contribution is -0.120. The highest BCUT2D eigenvalue weighted by Gasteiger charge is 2.29. The standard InChI is InChI=1S/C17H23N3O3S2/c1-11(2)25(22,23)20-13-5-3-12(4-6-13)17(21)19-14-7-8-15-16(9-14)24-10-18-15/h7-13,20H,3-6H2,1-2H3,(H,19,21)/t12-,13-. The smallest absolute Gasteiger partial charge is 0.227 e. The van der Waals surface area contributed by atoms with Gasteiger partial charge in [0.25, 0.3) is 0 Å². The third-order valence-electron chi connectivity index (χ3n) is 4.65. The van der Waals surface area contributed by atoms with Crippen molar-refractivity contribution < 1.29 is 13.2 Å². The van der Waals surface area contributed by atoms with E-state index in [-0.39, 0.29) is 17.9 Å². The second-order valence-electron chi connectivity index (χ2n) is 6.78. The van der Waals surface area contributed by atoms with Crippen LogP contribution in [-0.4, -0.2) is 30.6 Å². The fraction of sp³-hybridized carbons (Fsp3) is 0.529. The number of hydrogen-bond acceptors (Lipinski definition) is 5. The highest BCUT2D eigenvalue weighted by atomic mass is 32.2. The van der Waals surface area contributed by atoms with Crippen LogP contribution in [0.25, 0.3) is 10.2 Å². The predicted octanol–water partition coefficient (Wildman–Crippen LogP) is 3.12. The van der Waals surface area contributed by atoms with Crippen molar-refractivity contribution in [3.8, 4) is 0 Å². The van der Waals surface area contributed by atoms with E-state index in [1.165, 1.54) is 0 Å². The Kier molecular flexibility index (Phi) is 5.41. The van der Waals surface area contributed by atoms with E-state index in [2.05, 4.69) is 15.0 Å². The molecule has 0 atom stereocenters. The summed E-state index contributed by atoms with van der Waals surface area (Å²) in [5, 5.41) is 2.54. The molecule has 8 heteroatoms. The number of benzene rings is 1. The molecule has 0 spiro atoms. The summed E-state index contributed by atoms with van der Waals surface area (Å²) in [6, 6.07) is 5.64. The van der Waals surface area contributed by atoms with Crippen LogP contribution in [-0.2, 0) is 14.8 Å². The summed E-state index contributed by atoms with van der Waals surface area (Å²) in [6.07, 6.45) is 2.77. The van der Waals surface area contributed by atoms with E-state index in [9.17, 15) is 13.2 Å². The van der Waals surface area contributed by atoms with Crippen molar-refractivity contribution in [1.29, 1.82) is 0 Å². The van der Waals surface area contributed by atoms with Crippen LogP contribution in [0, 0.1) is 5.92 Å². The molecule has 1 aliphatic carbocycles. The molecule has 2 aromatic rings. The van der Waals surface area contributed by atoms with Gasteiger partial charge in [0.1, 0.15) is 0 Å². The molecule has 1 saturated carbocycles. The van der Waals surface area contributed by atoms with Crippen LogP contribution in [0.5, 0.6) is 0 Å². The molecular formula is C17H23N3O3S2. The third kappa shape index (κ3) is 4.37. The Balaban J connectivity index is 1.54. The largest absolute Gasteiger partial charge is 0.326 e. The van der Waals surface area contributed by atoms with Crippen molar-refractivity contribution in [2.75, 3.05) is 5.32 Å². The van der Waals surface area contributed by atoms with Crippen molar-refractivity contribution in [3.05, 3.63) is 23.7 Å². The molecule has 1 aromatic carbocycles. The van der Waals surface area contributed by atoms with Gasteiger partial charge in [-0.2, -0.15) is 0 Å². The Morgan fingerprint density at radius 1 is 1.24 bits per heavy atom. The van der Waals surface area contributed by atoms with E-state index in [4.69, 9.17) is 0 Å². The van der Waals surface area contributed by atoms with E-state index in [1.807, 2.05) is 18.2 Å². The maximum atomic E-state index is 12.5. The van der Waals surface area contributed by atoms with Crippen LogP contribution in [0.1, 0.15) is 39.5 Å². The zero-order valence-corrected chi connectivity index (χ0v) is 16.0. The van der Waals surface area contributed by atoms with E-state index < -0.39 is 15.3 Å². The van der Waals surface area contributed by atoms with Gasteiger partial charge in [-0.05, 0) is 57.7 Å². The van der Waals surface area contributed by atoms with Gasteiger partial charge < -0.3 is 5.32 Å². The zero-order valence-electron chi connectivity index (χ0n) is 14.4. The van der Waals surface area contributed by atoms with Crippen molar-refractivity contribution in [3.63, 3.8) is 0 Å². The lowest BCUT2D eigenvalue weighted by atomic mass is 9.86. The van der Waals surface area contributed by atoms with E-state index in [1.54, 1.807) is 30.7 Å². The molecule has 136 valence electrons. The number of nitrogens with one attached hydrogen (secondary N) is 2. The van der Waals surface area contributed by atoms with Gasteiger partial charge in [0.2, 0.25) is 15.9 Å². The fourth-order valence-corrected chi connectivity index (χ4v) is 4.71. The van der Waals surface area contributed by atoms with Gasteiger partial charge in [0, 0.05) is 17.6 Å². The maximum absolute atomic E-state index is 12.5. The van der Waals surface area contributed by atoms with Crippen LogP contribution < -0.4 is 10.0 Å². The summed E-state index contributed by atoms with van der Waals surface area (Å²) < 4.78 is 27.7. The molecule has 2 N–H and O–H groups in total. The van der Waals surface area contributed by atoms with Gasteiger partial charge >= 0.3 is 0 Å². The minimum atomic E-state index is -3.25. The van der Waals surface area contributed by atoms with Gasteiger partial charge in [0.05, 0.1) is 21.0 Å². The number of aromatic nitrogens is 1. The molecule has 0 radical (unpaired) electrons. The number of carbonyl (C=O) groups excluding carboxylic acids is 1. The normalized spacial score (nSPS) is 21.6. The molecule has 0 saturated heterocycles. The average Bonchev–Trinajstić information content (AvgIpc) is 3.02. The molecule has 0 aliphatic heterocycles. The van der Waals surface area contributed by atoms with Crippen molar-refractivity contribution in [2.24, 2.45) is 5.92 Å². The molecule has 0 unspecified atom stereocenters. The number of rotatable bonds is 5. The summed E-state index contributed by atoms with van der Waals surface area (Å²) in [6.45, 7) is 3.34. The molecule has 25 heavy (non-hydrogen) atoms. The van der Waals surface area contributed by atoms with Crippen molar-refractivity contribution in [2.45, 2.75) is 50.8 Å². The first-order valence-corrected chi connectivity index (χ1v) is 10.9. The minimum Gasteiger partial charge on any atom is -0.326 e. The molecule has 1 heterocycles. The first-order chi connectivity index (χ1) is 11.8. The van der Waals surface area contributed by atoms with E-state index in [0.717, 1.165) is 15.9 Å². The van der Waals surface area contributed by atoms with Gasteiger partial charge in [0.15, 0.2) is 0 Å². The summed E-state index contributed by atoms with van der Waals surface area (Å²) in [5.74, 6) is -0.0639. The molecule has 1 amide bonds. The van der Waals surface area contributed by atoms with Crippen LogP contribution in [0.3, 0.4) is 0 Å². The molecule has 0 bridgehead atoms. The van der Waals surface area contributed by atoms with Gasteiger partial charge in [-0.15, -0.1) is 11.3 Å². The highest BCUT2D eigenvalue weighted by molar-refractivity contribution is 7.90. The molecule has 1 aliphatic rings. The van der Waals surface area contributed by atoms with Gasteiger partial charge in [-0.25, -0.2) is 18.1 Å². The topological polar surface area (TPSA) is 88.2 Å². The Hall–Kier alpha value is -1.51. The first kappa shape index (κ1) is 18.3. The summed E-state index contributed by atoms with van der Waals surface area (Å²) in [4.78, 5) is 16.7. The number of carbonyl (C=O) groups is 1. The van der Waals surface area contributed by atoms with Crippen LogP contribution in [0.15, 0.2) is 23.7 Å². The highest BCUT2D eigenvalue weighted by Crippen LogP contribution is 2.27. The number of fused-ring (bicyclic) bond motifs is 1. The molecule has 1 aromatic heterocycles. The lowest BCUT2D eigenvalue weighted by Crippen LogP contribution is -2.42. The monoisotopic (exact) mass is 381 g/mol. The first-order valence-electron chi connectivity index (χ1n) is 8.50. The fourth-order valence-electron chi connectivity index (χ4n) is 3.02. The number of sulfonamides is 1. The number of hydrogen-bond donors (Lipinski definition) is 2. The van der Waals surface area contributed by atoms with Crippen LogP contribution in [0.4, 0.5) is 5.69 Å². The van der Waals surface area contributed by atoms with Crippen LogP contribution in [0.2, 0.25) is 0 Å². The molecule has 1 fully saturated rings. The minimum absolute atomic E-state index is 0.00836. The maximum Gasteiger partial charge on any atom is 0.227 e. The number of amides is 1. The van der Waals surface area contributed by atoms with E-state index in [0.29, 0.717) is 25.7 Å². The second-order valence-corrected chi connectivity index (χ2v) is 9.94. The third-order valence-corrected chi connectivity index (χ3v) is 7.34. The summed E-state index contributed by atoms with van der Waals surface area (Å²) in [5.41, 5.74) is 3.50. The van der Waals surface area contributed by atoms with Crippen LogP contribution >= 0.6 is 11.3 Å². The Morgan fingerprint density at radius 2 is 1.96 bits per heavy atom. The zero-order chi connectivity index (χ0) is 18.0. The second kappa shape index (κ2) is 7.39. The molecule has 3 rings (SSSR count). The average molecular weight is 382 g/mol. The Bertz CT molecular complexity index is 853.